The van der Waals surface area contributed by atoms with Crippen LogP contribution >= 0.6 is 11.8 Å². The van der Waals surface area contributed by atoms with E-state index >= 15 is 0 Å². The number of carbonyl (C=O) groups excluding carboxylic acids is 1. The maximum absolute atomic E-state index is 12.0. The van der Waals surface area contributed by atoms with Crippen LogP contribution in [0.2, 0.25) is 0 Å². The van der Waals surface area contributed by atoms with Gasteiger partial charge < -0.3 is 11.2 Å². The molecule has 0 aliphatic heterocycles. The first-order chi connectivity index (χ1) is 10.5. The summed E-state index contributed by atoms with van der Waals surface area (Å²) in [5, 5.41) is 11.5. The lowest BCUT2D eigenvalue weighted by molar-refractivity contribution is -0.113. The van der Waals surface area contributed by atoms with Gasteiger partial charge in [0, 0.05) is 12.1 Å². The molecule has 0 saturated carbocycles. The van der Waals surface area contributed by atoms with Crippen LogP contribution in [0, 0.1) is 13.8 Å². The molecule has 1 aromatic carbocycles. The predicted molar refractivity (Wildman–Crippen MR) is 89.4 cm³/mol. The zero-order valence-corrected chi connectivity index (χ0v) is 13.9. The molecule has 0 aliphatic carbocycles. The summed E-state index contributed by atoms with van der Waals surface area (Å²) >= 11 is 1.28. The van der Waals surface area contributed by atoms with E-state index in [0.29, 0.717) is 5.16 Å². The third-order valence-electron chi connectivity index (χ3n) is 3.20. The van der Waals surface area contributed by atoms with Gasteiger partial charge in [-0.1, -0.05) is 36.4 Å². The number of hydrogen-bond donors (Lipinski definition) is 2. The Kier molecular flexibility index (Phi) is 5.43. The molecule has 3 N–H and O–H groups in total. The minimum Gasteiger partial charge on any atom is -0.336 e. The van der Waals surface area contributed by atoms with Gasteiger partial charge in [-0.15, -0.1) is 10.2 Å². The highest BCUT2D eigenvalue weighted by molar-refractivity contribution is 7.99. The molecule has 1 amide bonds. The number of nitrogens with one attached hydrogen (secondary N) is 1. The molecular formula is C15H21N5OS. The van der Waals surface area contributed by atoms with Gasteiger partial charge in [-0.25, -0.2) is 4.68 Å². The molecule has 7 heteroatoms. The summed E-state index contributed by atoms with van der Waals surface area (Å²) in [6.07, 6.45) is 1.73. The summed E-state index contributed by atoms with van der Waals surface area (Å²) in [6, 6.07) is 5.93. The quantitative estimate of drug-likeness (QED) is 0.630. The lowest BCUT2D eigenvalue weighted by Crippen LogP contribution is -2.17. The van der Waals surface area contributed by atoms with Crippen molar-refractivity contribution in [2.75, 3.05) is 16.9 Å². The van der Waals surface area contributed by atoms with Crippen LogP contribution in [0.1, 0.15) is 30.3 Å². The monoisotopic (exact) mass is 319 g/mol. The van der Waals surface area contributed by atoms with E-state index in [0.717, 1.165) is 29.9 Å². The standard InChI is InChI=1S/C15H21N5OS/c1-4-5-13-18-19-15(20(13)16)22-9-14(21)17-12-7-6-10(2)8-11(12)3/h6-8H,4-5,9,16H2,1-3H3,(H,17,21). The normalized spacial score (nSPS) is 10.7. The van der Waals surface area contributed by atoms with Gasteiger partial charge >= 0.3 is 0 Å². The van der Waals surface area contributed by atoms with E-state index in [4.69, 9.17) is 5.84 Å². The van der Waals surface area contributed by atoms with Crippen molar-refractivity contribution in [1.29, 1.82) is 0 Å². The molecule has 118 valence electrons. The molecular weight excluding hydrogens is 298 g/mol. The third kappa shape index (κ3) is 4.00. The highest BCUT2D eigenvalue weighted by Crippen LogP contribution is 2.18. The van der Waals surface area contributed by atoms with E-state index in [9.17, 15) is 4.79 Å². The number of nitrogen functional groups attached to an aromatic ring is 1. The zero-order chi connectivity index (χ0) is 16.1. The lowest BCUT2D eigenvalue weighted by Gasteiger charge is -2.09. The highest BCUT2D eigenvalue weighted by atomic mass is 32.2. The Hall–Kier alpha value is -2.02. The van der Waals surface area contributed by atoms with Crippen molar-refractivity contribution in [3.8, 4) is 0 Å². The minimum atomic E-state index is -0.0861. The van der Waals surface area contributed by atoms with E-state index in [1.165, 1.54) is 22.0 Å². The van der Waals surface area contributed by atoms with Gasteiger partial charge in [0.25, 0.3) is 0 Å². The Bertz CT molecular complexity index is 668. The molecule has 0 spiro atoms. The second-order valence-corrected chi connectivity index (χ2v) is 6.12. The fraction of sp³-hybridized carbons (Fsp3) is 0.400. The zero-order valence-electron chi connectivity index (χ0n) is 13.1. The van der Waals surface area contributed by atoms with Crippen LogP contribution in [-0.2, 0) is 11.2 Å². The number of thioether (sulfide) groups is 1. The van der Waals surface area contributed by atoms with Crippen molar-refractivity contribution in [3.63, 3.8) is 0 Å². The largest absolute Gasteiger partial charge is 0.336 e. The molecule has 0 aliphatic rings. The molecule has 0 unspecified atom stereocenters. The second-order valence-electron chi connectivity index (χ2n) is 5.17. The molecule has 0 bridgehead atoms. The number of anilines is 1. The fourth-order valence-electron chi connectivity index (χ4n) is 2.07. The number of aromatic nitrogens is 3. The molecule has 0 atom stereocenters. The maximum atomic E-state index is 12.0. The maximum Gasteiger partial charge on any atom is 0.234 e. The SMILES string of the molecule is CCCc1nnc(SCC(=O)Nc2ccc(C)cc2C)n1N. The summed E-state index contributed by atoms with van der Waals surface area (Å²) in [5.41, 5.74) is 3.05. The van der Waals surface area contributed by atoms with Crippen LogP contribution in [0.25, 0.3) is 0 Å². The first kappa shape index (κ1) is 16.4. The summed E-state index contributed by atoms with van der Waals surface area (Å²) in [4.78, 5) is 12.0. The Morgan fingerprint density at radius 2 is 2.14 bits per heavy atom. The van der Waals surface area contributed by atoms with Gasteiger partial charge in [0.05, 0.1) is 5.75 Å². The van der Waals surface area contributed by atoms with Crippen molar-refractivity contribution in [2.45, 2.75) is 38.8 Å². The summed E-state index contributed by atoms with van der Waals surface area (Å²) < 4.78 is 1.46. The number of amides is 1. The van der Waals surface area contributed by atoms with Crippen LogP contribution in [0.15, 0.2) is 23.4 Å². The number of aryl methyl sites for hydroxylation is 3. The summed E-state index contributed by atoms with van der Waals surface area (Å²) in [5.74, 6) is 6.80. The van der Waals surface area contributed by atoms with Gasteiger partial charge in [-0.2, -0.15) is 0 Å². The molecule has 1 heterocycles. The minimum absolute atomic E-state index is 0.0861. The first-order valence-electron chi connectivity index (χ1n) is 7.20. The van der Waals surface area contributed by atoms with Gasteiger partial charge in [-0.3, -0.25) is 4.79 Å². The molecule has 22 heavy (non-hydrogen) atoms. The smallest absolute Gasteiger partial charge is 0.234 e. The number of nitrogens with two attached hydrogens (primary N) is 1. The molecule has 0 fully saturated rings. The average molecular weight is 319 g/mol. The number of carbonyl (C=O) groups is 1. The van der Waals surface area contributed by atoms with Gasteiger partial charge in [-0.05, 0) is 31.9 Å². The third-order valence-corrected chi connectivity index (χ3v) is 4.14. The Balaban J connectivity index is 1.93. The van der Waals surface area contributed by atoms with Crippen LogP contribution in [0.3, 0.4) is 0 Å². The van der Waals surface area contributed by atoms with Crippen LogP contribution < -0.4 is 11.2 Å². The van der Waals surface area contributed by atoms with Crippen molar-refractivity contribution < 1.29 is 4.79 Å². The van der Waals surface area contributed by atoms with Crippen molar-refractivity contribution in [3.05, 3.63) is 35.2 Å². The summed E-state index contributed by atoms with van der Waals surface area (Å²) in [7, 11) is 0. The fourth-order valence-corrected chi connectivity index (χ4v) is 2.75. The van der Waals surface area contributed by atoms with Crippen LogP contribution in [0.5, 0.6) is 0 Å². The van der Waals surface area contributed by atoms with E-state index in [1.54, 1.807) is 0 Å². The number of benzene rings is 1. The molecule has 0 radical (unpaired) electrons. The average Bonchev–Trinajstić information content (AvgIpc) is 2.81. The molecule has 6 nitrogen and oxygen atoms in total. The van der Waals surface area contributed by atoms with Crippen LogP contribution in [0.4, 0.5) is 5.69 Å². The first-order valence-corrected chi connectivity index (χ1v) is 8.19. The van der Waals surface area contributed by atoms with Gasteiger partial charge in [0.2, 0.25) is 11.1 Å². The lowest BCUT2D eigenvalue weighted by atomic mass is 10.1. The summed E-state index contributed by atoms with van der Waals surface area (Å²) in [6.45, 7) is 6.05. The van der Waals surface area contributed by atoms with Crippen LogP contribution in [-0.4, -0.2) is 26.5 Å². The van der Waals surface area contributed by atoms with E-state index in [-0.39, 0.29) is 11.7 Å². The topological polar surface area (TPSA) is 85.8 Å². The molecule has 2 rings (SSSR count). The predicted octanol–water partition coefficient (Wildman–Crippen LogP) is 2.29. The Morgan fingerprint density at radius 1 is 1.36 bits per heavy atom. The van der Waals surface area contributed by atoms with Crippen molar-refractivity contribution >= 4 is 23.4 Å². The van der Waals surface area contributed by atoms with E-state index < -0.39 is 0 Å². The highest BCUT2D eigenvalue weighted by Gasteiger charge is 2.12. The van der Waals surface area contributed by atoms with E-state index in [1.807, 2.05) is 32.0 Å². The van der Waals surface area contributed by atoms with E-state index in [2.05, 4.69) is 22.4 Å². The molecule has 2 aromatic rings. The van der Waals surface area contributed by atoms with Gasteiger partial charge in [0.15, 0.2) is 5.82 Å². The van der Waals surface area contributed by atoms with Crippen molar-refractivity contribution in [1.82, 2.24) is 14.9 Å². The molecule has 1 aromatic heterocycles. The van der Waals surface area contributed by atoms with Gasteiger partial charge in [0.1, 0.15) is 0 Å². The van der Waals surface area contributed by atoms with Crippen molar-refractivity contribution in [2.24, 2.45) is 0 Å². The number of rotatable bonds is 6. The molecule has 0 saturated heterocycles. The number of hydrogen-bond acceptors (Lipinski definition) is 5. The Labute approximate surface area is 134 Å². The Morgan fingerprint density at radius 3 is 2.82 bits per heavy atom. The second kappa shape index (κ2) is 7.31. The number of nitrogens with zero attached hydrogens (tertiary/aromatic N) is 3.